The van der Waals surface area contributed by atoms with Gasteiger partial charge in [0.05, 0.1) is 6.54 Å². The van der Waals surface area contributed by atoms with E-state index in [0.717, 1.165) is 48.3 Å². The van der Waals surface area contributed by atoms with E-state index in [1.807, 2.05) is 12.1 Å². The van der Waals surface area contributed by atoms with Gasteiger partial charge in [0.2, 0.25) is 21.7 Å². The SMILES string of the molecule is O=C(O)c1ccc(N(Cc2ccc(C3CCCCC3)cc2)C(=O)C2CCCCN2S(=O)(=O)c2c(F)c(F)c(F)c(F)c2F)cc1O. The maximum atomic E-state index is 14.7. The van der Waals surface area contributed by atoms with Gasteiger partial charge in [0, 0.05) is 18.3 Å². The van der Waals surface area contributed by atoms with Crippen LogP contribution in [0.4, 0.5) is 27.6 Å². The molecule has 1 atom stereocenters. The first-order valence-electron chi connectivity index (χ1n) is 14.8. The molecule has 0 aromatic heterocycles. The number of phenols is 1. The third kappa shape index (κ3) is 6.32. The van der Waals surface area contributed by atoms with Crippen molar-refractivity contribution in [2.24, 2.45) is 0 Å². The number of halogens is 5. The van der Waals surface area contributed by atoms with E-state index in [1.165, 1.54) is 12.5 Å². The summed E-state index contributed by atoms with van der Waals surface area (Å²) < 4.78 is 98.8. The fraction of sp³-hybridized carbons (Fsp3) is 0.375. The summed E-state index contributed by atoms with van der Waals surface area (Å²) in [5.41, 5.74) is 1.25. The molecule has 14 heteroatoms. The van der Waals surface area contributed by atoms with Crippen LogP contribution in [0.2, 0.25) is 0 Å². The average Bonchev–Trinajstić information content (AvgIpc) is 3.05. The van der Waals surface area contributed by atoms with Crippen LogP contribution in [0.1, 0.15) is 78.8 Å². The number of piperidine rings is 1. The van der Waals surface area contributed by atoms with Gasteiger partial charge in [-0.05, 0) is 54.9 Å². The van der Waals surface area contributed by atoms with Crippen molar-refractivity contribution in [3.05, 3.63) is 88.2 Å². The Kier molecular flexibility index (Phi) is 9.68. The second-order valence-corrected chi connectivity index (χ2v) is 13.4. The van der Waals surface area contributed by atoms with Gasteiger partial charge < -0.3 is 15.1 Å². The van der Waals surface area contributed by atoms with Gasteiger partial charge >= 0.3 is 5.97 Å². The van der Waals surface area contributed by atoms with Crippen LogP contribution in [-0.2, 0) is 21.4 Å². The average molecular weight is 667 g/mol. The highest BCUT2D eigenvalue weighted by Gasteiger charge is 2.44. The zero-order chi connectivity index (χ0) is 33.3. The van der Waals surface area contributed by atoms with Crippen molar-refractivity contribution in [1.82, 2.24) is 4.31 Å². The standard InChI is InChI=1S/C32H31F5N2O6S/c33-25-26(34)28(36)30(29(37)27(25)35)46(44,45)39-15-5-4-8-23(39)31(41)38(21-13-14-22(32(42)43)24(40)16-21)17-18-9-11-20(12-10-18)19-6-2-1-3-7-19/h9-14,16,19,23,40H,1-8,15,17H2,(H,42,43). The Bertz CT molecular complexity index is 1730. The Hall–Kier alpha value is -4.04. The number of hydrogen-bond acceptors (Lipinski definition) is 5. The van der Waals surface area contributed by atoms with E-state index in [4.69, 9.17) is 0 Å². The second-order valence-electron chi connectivity index (χ2n) is 11.5. The first-order valence-corrected chi connectivity index (χ1v) is 16.3. The van der Waals surface area contributed by atoms with Crippen LogP contribution in [-0.4, -0.2) is 47.4 Å². The minimum Gasteiger partial charge on any atom is -0.507 e. The summed E-state index contributed by atoms with van der Waals surface area (Å²) in [6.07, 6.45) is 5.80. The lowest BCUT2D eigenvalue weighted by molar-refractivity contribution is -0.123. The topological polar surface area (TPSA) is 115 Å². The predicted octanol–water partition coefficient (Wildman–Crippen LogP) is 6.61. The Morgan fingerprint density at radius 1 is 0.804 bits per heavy atom. The third-order valence-electron chi connectivity index (χ3n) is 8.66. The van der Waals surface area contributed by atoms with Gasteiger partial charge in [-0.25, -0.2) is 35.2 Å². The summed E-state index contributed by atoms with van der Waals surface area (Å²) >= 11 is 0. The minimum atomic E-state index is -5.45. The van der Waals surface area contributed by atoms with Gasteiger partial charge in [-0.1, -0.05) is 49.9 Å². The summed E-state index contributed by atoms with van der Waals surface area (Å²) in [4.78, 5) is 24.8. The fourth-order valence-corrected chi connectivity index (χ4v) is 7.99. The quantitative estimate of drug-likeness (QED) is 0.159. The van der Waals surface area contributed by atoms with E-state index in [9.17, 15) is 50.2 Å². The first-order chi connectivity index (χ1) is 21.8. The number of carboxylic acids is 1. The molecule has 0 bridgehead atoms. The van der Waals surface area contributed by atoms with Crippen LogP contribution in [0.25, 0.3) is 0 Å². The Morgan fingerprint density at radius 3 is 1.98 bits per heavy atom. The van der Waals surface area contributed by atoms with Crippen LogP contribution >= 0.6 is 0 Å². The zero-order valence-electron chi connectivity index (χ0n) is 24.5. The molecule has 2 aliphatic rings. The summed E-state index contributed by atoms with van der Waals surface area (Å²) in [5, 5.41) is 19.8. The van der Waals surface area contributed by atoms with Crippen molar-refractivity contribution in [3.8, 4) is 5.75 Å². The highest BCUT2D eigenvalue weighted by Crippen LogP contribution is 2.36. The number of carbonyl (C=O) groups excluding carboxylic acids is 1. The van der Waals surface area contributed by atoms with Gasteiger partial charge in [0.1, 0.15) is 17.4 Å². The highest BCUT2D eigenvalue weighted by atomic mass is 32.2. The molecule has 1 amide bonds. The number of aromatic carboxylic acids is 1. The molecule has 0 spiro atoms. The van der Waals surface area contributed by atoms with Crippen molar-refractivity contribution in [3.63, 3.8) is 0 Å². The molecular formula is C32H31F5N2O6S. The van der Waals surface area contributed by atoms with Gasteiger partial charge in [-0.2, -0.15) is 4.31 Å². The van der Waals surface area contributed by atoms with Gasteiger partial charge in [0.25, 0.3) is 0 Å². The summed E-state index contributed by atoms with van der Waals surface area (Å²) in [6, 6.07) is 9.13. The first kappa shape index (κ1) is 33.3. The molecule has 1 saturated heterocycles. The van der Waals surface area contributed by atoms with Crippen LogP contribution in [0, 0.1) is 29.1 Å². The number of nitrogens with zero attached hydrogens (tertiary/aromatic N) is 2. The Labute approximate surface area is 262 Å². The number of rotatable bonds is 8. The van der Waals surface area contributed by atoms with E-state index in [1.54, 1.807) is 12.1 Å². The van der Waals surface area contributed by atoms with Crippen LogP contribution < -0.4 is 4.90 Å². The van der Waals surface area contributed by atoms with Crippen molar-refractivity contribution in [2.45, 2.75) is 74.8 Å². The van der Waals surface area contributed by atoms with E-state index < -0.39 is 79.8 Å². The van der Waals surface area contributed by atoms with Gasteiger partial charge in [-0.15, -0.1) is 0 Å². The number of carboxylic acid groups (broad SMARTS) is 1. The smallest absolute Gasteiger partial charge is 0.339 e. The normalized spacial score (nSPS) is 18.0. The molecule has 1 heterocycles. The molecule has 8 nitrogen and oxygen atoms in total. The molecule has 1 saturated carbocycles. The Balaban J connectivity index is 1.54. The third-order valence-corrected chi connectivity index (χ3v) is 10.6. The lowest BCUT2D eigenvalue weighted by atomic mass is 9.84. The second kappa shape index (κ2) is 13.4. The number of anilines is 1. The number of amides is 1. The van der Waals surface area contributed by atoms with E-state index in [-0.39, 0.29) is 25.1 Å². The van der Waals surface area contributed by atoms with E-state index in [0.29, 0.717) is 22.2 Å². The molecule has 5 rings (SSSR count). The number of carbonyl (C=O) groups is 2. The fourth-order valence-electron chi connectivity index (χ4n) is 6.23. The van der Waals surface area contributed by atoms with Gasteiger partial charge in [0.15, 0.2) is 28.2 Å². The molecule has 46 heavy (non-hydrogen) atoms. The van der Waals surface area contributed by atoms with Gasteiger partial charge in [-0.3, -0.25) is 4.79 Å². The number of sulfonamides is 1. The molecule has 3 aromatic rings. The maximum absolute atomic E-state index is 14.7. The monoisotopic (exact) mass is 666 g/mol. The number of aromatic hydroxyl groups is 1. The van der Waals surface area contributed by atoms with Crippen LogP contribution in [0.5, 0.6) is 5.75 Å². The molecule has 1 unspecified atom stereocenters. The number of benzene rings is 3. The minimum absolute atomic E-state index is 0.0111. The molecule has 1 aliphatic heterocycles. The van der Waals surface area contributed by atoms with Crippen molar-refractivity contribution in [2.75, 3.05) is 11.4 Å². The molecule has 3 aromatic carbocycles. The largest absolute Gasteiger partial charge is 0.507 e. The lowest BCUT2D eigenvalue weighted by Crippen LogP contribution is -2.53. The van der Waals surface area contributed by atoms with E-state index >= 15 is 0 Å². The van der Waals surface area contributed by atoms with Crippen LogP contribution in [0.3, 0.4) is 0 Å². The van der Waals surface area contributed by atoms with Crippen LogP contribution in [0.15, 0.2) is 47.4 Å². The maximum Gasteiger partial charge on any atom is 0.339 e. The zero-order valence-corrected chi connectivity index (χ0v) is 25.3. The predicted molar refractivity (Wildman–Crippen MR) is 156 cm³/mol. The number of hydrogen-bond donors (Lipinski definition) is 2. The molecule has 246 valence electrons. The summed E-state index contributed by atoms with van der Waals surface area (Å²) in [7, 11) is -5.45. The van der Waals surface area contributed by atoms with E-state index in [2.05, 4.69) is 0 Å². The highest BCUT2D eigenvalue weighted by molar-refractivity contribution is 7.89. The molecular weight excluding hydrogens is 635 g/mol. The molecule has 2 fully saturated rings. The van der Waals surface area contributed by atoms with Crippen molar-refractivity contribution in [1.29, 1.82) is 0 Å². The molecule has 0 radical (unpaired) electrons. The van der Waals surface area contributed by atoms with Crippen molar-refractivity contribution < 1.29 is 50.2 Å². The summed E-state index contributed by atoms with van der Waals surface area (Å²) in [5.74, 6) is -15.1. The van der Waals surface area contributed by atoms with Crippen molar-refractivity contribution >= 4 is 27.6 Å². The Morgan fingerprint density at radius 2 is 1.39 bits per heavy atom. The summed E-state index contributed by atoms with van der Waals surface area (Å²) in [6.45, 7) is -0.631. The molecule has 1 aliphatic carbocycles. The molecule has 2 N–H and O–H groups in total. The lowest BCUT2D eigenvalue weighted by Gasteiger charge is -2.37.